The highest BCUT2D eigenvalue weighted by atomic mass is 16.3. The third-order valence-electron chi connectivity index (χ3n) is 4.30. The van der Waals surface area contributed by atoms with Crippen LogP contribution in [0.1, 0.15) is 40.4 Å². The zero-order chi connectivity index (χ0) is 16.3. The molecule has 1 saturated carbocycles. The number of hydrogen-bond donors (Lipinski definition) is 2. The maximum atomic E-state index is 12.1. The molecule has 3 rings (SSSR count). The van der Waals surface area contributed by atoms with Gasteiger partial charge in [0.25, 0.3) is 5.91 Å². The van der Waals surface area contributed by atoms with E-state index in [0.717, 1.165) is 24.0 Å². The summed E-state index contributed by atoms with van der Waals surface area (Å²) in [5.41, 5.74) is 1.94. The van der Waals surface area contributed by atoms with Gasteiger partial charge in [0.1, 0.15) is 0 Å². The van der Waals surface area contributed by atoms with Gasteiger partial charge in [0.2, 0.25) is 0 Å². The van der Waals surface area contributed by atoms with E-state index >= 15 is 0 Å². The van der Waals surface area contributed by atoms with Gasteiger partial charge in [0.15, 0.2) is 0 Å². The van der Waals surface area contributed by atoms with Crippen LogP contribution in [0.5, 0.6) is 0 Å². The standard InChI is InChI=1S/C19H18N2O2/c20-13-19(10-11-19)16-8-6-15(7-9-16)18(23)21-12-17(22)14-4-2-1-3-5-14/h1-9,17,22H,10-12H2,(H,21,23). The quantitative estimate of drug-likeness (QED) is 0.892. The average Bonchev–Trinajstić information content (AvgIpc) is 3.41. The van der Waals surface area contributed by atoms with Gasteiger partial charge >= 0.3 is 0 Å². The monoisotopic (exact) mass is 306 g/mol. The van der Waals surface area contributed by atoms with Crippen molar-refractivity contribution in [1.82, 2.24) is 5.32 Å². The molecule has 2 aromatic carbocycles. The van der Waals surface area contributed by atoms with Crippen molar-refractivity contribution in [2.45, 2.75) is 24.4 Å². The zero-order valence-electron chi connectivity index (χ0n) is 12.7. The first kappa shape index (κ1) is 15.3. The minimum absolute atomic E-state index is 0.159. The Hall–Kier alpha value is -2.64. The van der Waals surface area contributed by atoms with Gasteiger partial charge in [-0.25, -0.2) is 0 Å². The van der Waals surface area contributed by atoms with Crippen molar-refractivity contribution in [2.75, 3.05) is 6.54 Å². The highest BCUT2D eigenvalue weighted by molar-refractivity contribution is 5.94. The van der Waals surface area contributed by atoms with Crippen LogP contribution in [0.4, 0.5) is 0 Å². The first-order chi connectivity index (χ1) is 11.1. The minimum atomic E-state index is -0.729. The summed E-state index contributed by atoms with van der Waals surface area (Å²) in [4.78, 5) is 12.1. The van der Waals surface area contributed by atoms with Crippen molar-refractivity contribution >= 4 is 5.91 Å². The number of rotatable bonds is 5. The minimum Gasteiger partial charge on any atom is -0.387 e. The summed E-state index contributed by atoms with van der Waals surface area (Å²) >= 11 is 0. The lowest BCUT2D eigenvalue weighted by atomic mass is 9.96. The molecule has 2 aromatic rings. The number of nitriles is 1. The Morgan fingerprint density at radius 2 is 1.83 bits per heavy atom. The molecule has 0 bridgehead atoms. The van der Waals surface area contributed by atoms with E-state index in [1.165, 1.54) is 0 Å². The van der Waals surface area contributed by atoms with E-state index in [1.807, 2.05) is 42.5 Å². The number of nitrogens with zero attached hydrogens (tertiary/aromatic N) is 1. The van der Waals surface area contributed by atoms with Gasteiger partial charge in [-0.3, -0.25) is 4.79 Å². The van der Waals surface area contributed by atoms with E-state index in [-0.39, 0.29) is 17.9 Å². The third kappa shape index (κ3) is 3.25. The van der Waals surface area contributed by atoms with Gasteiger partial charge in [-0.1, -0.05) is 42.5 Å². The number of aliphatic hydroxyl groups excluding tert-OH is 1. The van der Waals surface area contributed by atoms with E-state index in [2.05, 4.69) is 11.4 Å². The number of nitrogens with one attached hydrogen (secondary N) is 1. The second kappa shape index (κ2) is 6.23. The predicted octanol–water partition coefficient (Wildman–Crippen LogP) is 2.71. The van der Waals surface area contributed by atoms with E-state index in [1.54, 1.807) is 12.1 Å². The number of carbonyl (C=O) groups is 1. The molecule has 0 spiro atoms. The van der Waals surface area contributed by atoms with Crippen LogP contribution in [0.25, 0.3) is 0 Å². The molecule has 1 fully saturated rings. The summed E-state index contributed by atoms with van der Waals surface area (Å²) in [6.45, 7) is 0.159. The fourth-order valence-electron chi connectivity index (χ4n) is 2.62. The van der Waals surface area contributed by atoms with Gasteiger partial charge in [0.05, 0.1) is 17.6 Å². The van der Waals surface area contributed by atoms with Gasteiger partial charge < -0.3 is 10.4 Å². The Morgan fingerprint density at radius 1 is 1.17 bits per heavy atom. The Balaban J connectivity index is 1.59. The Morgan fingerprint density at radius 3 is 2.39 bits per heavy atom. The molecule has 0 aliphatic heterocycles. The van der Waals surface area contributed by atoms with Gasteiger partial charge in [-0.15, -0.1) is 0 Å². The van der Waals surface area contributed by atoms with Gasteiger partial charge in [0, 0.05) is 12.1 Å². The maximum absolute atomic E-state index is 12.1. The summed E-state index contributed by atoms with van der Waals surface area (Å²) in [5, 5.41) is 22.0. The van der Waals surface area contributed by atoms with Crippen molar-refractivity contribution in [2.24, 2.45) is 0 Å². The number of benzene rings is 2. The molecule has 0 saturated heterocycles. The van der Waals surface area contributed by atoms with Crippen molar-refractivity contribution in [3.05, 3.63) is 71.3 Å². The van der Waals surface area contributed by atoms with Crippen LogP contribution in [-0.4, -0.2) is 17.6 Å². The molecular weight excluding hydrogens is 288 g/mol. The lowest BCUT2D eigenvalue weighted by Crippen LogP contribution is -2.28. The van der Waals surface area contributed by atoms with E-state index in [0.29, 0.717) is 5.56 Å². The number of carbonyl (C=O) groups excluding carboxylic acids is 1. The largest absolute Gasteiger partial charge is 0.387 e. The van der Waals surface area contributed by atoms with Gasteiger partial charge in [-0.05, 0) is 36.1 Å². The first-order valence-corrected chi connectivity index (χ1v) is 7.68. The summed E-state index contributed by atoms with van der Waals surface area (Å²) < 4.78 is 0. The molecule has 0 aromatic heterocycles. The summed E-state index contributed by atoms with van der Waals surface area (Å²) in [5.74, 6) is -0.228. The molecule has 1 unspecified atom stereocenters. The van der Waals surface area contributed by atoms with E-state index in [4.69, 9.17) is 0 Å². The van der Waals surface area contributed by atoms with Crippen molar-refractivity contribution in [3.8, 4) is 6.07 Å². The highest BCUT2D eigenvalue weighted by Crippen LogP contribution is 2.47. The lowest BCUT2D eigenvalue weighted by Gasteiger charge is -2.12. The summed E-state index contributed by atoms with van der Waals surface area (Å²) in [6.07, 6.45) is 1.05. The fourth-order valence-corrected chi connectivity index (χ4v) is 2.62. The molecule has 4 nitrogen and oxygen atoms in total. The van der Waals surface area contributed by atoms with Crippen LogP contribution in [0.15, 0.2) is 54.6 Å². The van der Waals surface area contributed by atoms with Crippen LogP contribution in [-0.2, 0) is 5.41 Å². The molecule has 0 radical (unpaired) electrons. The number of hydrogen-bond acceptors (Lipinski definition) is 3. The van der Waals surface area contributed by atoms with E-state index in [9.17, 15) is 15.2 Å². The molecule has 1 atom stereocenters. The Bertz CT molecular complexity index is 728. The normalized spacial score (nSPS) is 16.2. The first-order valence-electron chi connectivity index (χ1n) is 7.68. The van der Waals surface area contributed by atoms with Crippen LogP contribution in [0, 0.1) is 11.3 Å². The summed E-state index contributed by atoms with van der Waals surface area (Å²) in [7, 11) is 0. The van der Waals surface area contributed by atoms with Crippen LogP contribution >= 0.6 is 0 Å². The molecule has 23 heavy (non-hydrogen) atoms. The second-order valence-corrected chi connectivity index (χ2v) is 5.91. The number of amides is 1. The highest BCUT2D eigenvalue weighted by Gasteiger charge is 2.44. The predicted molar refractivity (Wildman–Crippen MR) is 86.7 cm³/mol. The molecule has 1 amide bonds. The Kier molecular flexibility index (Phi) is 4.14. The van der Waals surface area contributed by atoms with Crippen LogP contribution < -0.4 is 5.32 Å². The smallest absolute Gasteiger partial charge is 0.251 e. The third-order valence-corrected chi connectivity index (χ3v) is 4.30. The molecule has 1 aliphatic rings. The summed E-state index contributed by atoms with van der Waals surface area (Å²) in [6, 6.07) is 18.7. The van der Waals surface area contributed by atoms with E-state index < -0.39 is 6.10 Å². The van der Waals surface area contributed by atoms with Crippen LogP contribution in [0.2, 0.25) is 0 Å². The average molecular weight is 306 g/mol. The zero-order valence-corrected chi connectivity index (χ0v) is 12.7. The topological polar surface area (TPSA) is 73.1 Å². The fraction of sp³-hybridized carbons (Fsp3) is 0.263. The molecule has 2 N–H and O–H groups in total. The van der Waals surface area contributed by atoms with Crippen molar-refractivity contribution < 1.29 is 9.90 Å². The molecule has 116 valence electrons. The molecule has 0 heterocycles. The molecular formula is C19H18N2O2. The second-order valence-electron chi connectivity index (χ2n) is 5.91. The maximum Gasteiger partial charge on any atom is 0.251 e. The lowest BCUT2D eigenvalue weighted by molar-refractivity contribution is 0.0916. The Labute approximate surface area is 135 Å². The van der Waals surface area contributed by atoms with Crippen molar-refractivity contribution in [1.29, 1.82) is 5.26 Å². The molecule has 1 aliphatic carbocycles. The molecule has 4 heteroatoms. The SMILES string of the molecule is N#CC1(c2ccc(C(=O)NCC(O)c3ccccc3)cc2)CC1. The van der Waals surface area contributed by atoms with Gasteiger partial charge in [-0.2, -0.15) is 5.26 Å². The van der Waals surface area contributed by atoms with Crippen molar-refractivity contribution in [3.63, 3.8) is 0 Å². The van der Waals surface area contributed by atoms with Crippen LogP contribution in [0.3, 0.4) is 0 Å². The number of aliphatic hydroxyl groups is 1.